The van der Waals surface area contributed by atoms with Crippen molar-refractivity contribution >= 4 is 0 Å². The fourth-order valence-electron chi connectivity index (χ4n) is 2.70. The summed E-state index contributed by atoms with van der Waals surface area (Å²) in [6.07, 6.45) is 0. The highest BCUT2D eigenvalue weighted by Gasteiger charge is 2.64. The smallest absolute Gasteiger partial charge is 0.0181 e. The van der Waals surface area contributed by atoms with Crippen molar-refractivity contribution in [2.75, 3.05) is 27.2 Å². The molecule has 2 rings (SSSR count). The Hall–Kier alpha value is -0.0800. The Labute approximate surface area is 62.6 Å². The van der Waals surface area contributed by atoms with Gasteiger partial charge in [-0.05, 0) is 20.0 Å². The first kappa shape index (κ1) is 6.62. The molecule has 0 aromatic carbocycles. The molecule has 1 aliphatic heterocycles. The molecule has 58 valence electrons. The van der Waals surface area contributed by atoms with Gasteiger partial charge in [-0.2, -0.15) is 0 Å². The lowest BCUT2D eigenvalue weighted by molar-refractivity contribution is 0.323. The fourth-order valence-corrected chi connectivity index (χ4v) is 2.70. The summed E-state index contributed by atoms with van der Waals surface area (Å²) in [5.41, 5.74) is 0.615. The molecule has 1 aliphatic carbocycles. The zero-order valence-electron chi connectivity index (χ0n) is 7.02. The first-order valence-corrected chi connectivity index (χ1v) is 4.04. The molecule has 2 heteroatoms. The van der Waals surface area contributed by atoms with E-state index >= 15 is 0 Å². The summed E-state index contributed by atoms with van der Waals surface area (Å²) in [7, 11) is 4.29. The zero-order valence-corrected chi connectivity index (χ0v) is 7.02. The van der Waals surface area contributed by atoms with Gasteiger partial charge in [0.15, 0.2) is 0 Å². The van der Waals surface area contributed by atoms with Crippen molar-refractivity contribution in [2.24, 2.45) is 11.3 Å². The largest absolute Gasteiger partial charge is 0.316 e. The van der Waals surface area contributed by atoms with E-state index < -0.39 is 0 Å². The molecular formula is C8H16N2. The van der Waals surface area contributed by atoms with E-state index in [1.54, 1.807) is 0 Å². The van der Waals surface area contributed by atoms with Gasteiger partial charge in [-0.25, -0.2) is 0 Å². The fraction of sp³-hybridized carbons (Fsp3) is 1.00. The third kappa shape index (κ3) is 0.611. The second kappa shape index (κ2) is 1.74. The van der Waals surface area contributed by atoms with E-state index in [0.717, 1.165) is 12.0 Å². The number of rotatable bonds is 1. The van der Waals surface area contributed by atoms with Crippen LogP contribution in [0.3, 0.4) is 0 Å². The van der Waals surface area contributed by atoms with E-state index in [1.165, 1.54) is 13.1 Å². The topological polar surface area (TPSA) is 15.3 Å². The van der Waals surface area contributed by atoms with Crippen LogP contribution in [0.4, 0.5) is 0 Å². The summed E-state index contributed by atoms with van der Waals surface area (Å²) in [5, 5.41) is 3.38. The second-order valence-electron chi connectivity index (χ2n) is 4.08. The minimum Gasteiger partial charge on any atom is -0.316 e. The number of hydrogen-bond acceptors (Lipinski definition) is 2. The first-order chi connectivity index (χ1) is 4.68. The number of piperidine rings is 1. The van der Waals surface area contributed by atoms with Crippen LogP contribution in [0.5, 0.6) is 0 Å². The zero-order chi connectivity index (χ0) is 7.35. The van der Waals surface area contributed by atoms with Crippen molar-refractivity contribution in [3.05, 3.63) is 0 Å². The molecule has 2 fully saturated rings. The summed E-state index contributed by atoms with van der Waals surface area (Å²) >= 11 is 0. The van der Waals surface area contributed by atoms with Crippen LogP contribution in [0.15, 0.2) is 0 Å². The van der Waals surface area contributed by atoms with Crippen molar-refractivity contribution < 1.29 is 0 Å². The Morgan fingerprint density at radius 3 is 2.70 bits per heavy atom. The molecule has 0 aromatic heterocycles. The lowest BCUT2D eigenvalue weighted by Crippen LogP contribution is -2.29. The summed E-state index contributed by atoms with van der Waals surface area (Å²) < 4.78 is 0. The van der Waals surface area contributed by atoms with E-state index in [-0.39, 0.29) is 0 Å². The molecule has 1 saturated carbocycles. The summed E-state index contributed by atoms with van der Waals surface area (Å²) in [5.74, 6) is 0.933. The molecular weight excluding hydrogens is 124 g/mol. The molecule has 10 heavy (non-hydrogen) atoms. The van der Waals surface area contributed by atoms with Crippen molar-refractivity contribution in [1.82, 2.24) is 10.2 Å². The van der Waals surface area contributed by atoms with E-state index in [2.05, 4.69) is 31.2 Å². The summed E-state index contributed by atoms with van der Waals surface area (Å²) in [4.78, 5) is 2.43. The molecule has 1 saturated heterocycles. The van der Waals surface area contributed by atoms with Crippen LogP contribution in [0.1, 0.15) is 6.92 Å². The molecule has 1 N–H and O–H groups in total. The van der Waals surface area contributed by atoms with Crippen molar-refractivity contribution in [3.8, 4) is 0 Å². The highest BCUT2D eigenvalue weighted by Crippen LogP contribution is 2.56. The van der Waals surface area contributed by atoms with Gasteiger partial charge in [0.2, 0.25) is 0 Å². The predicted molar refractivity (Wildman–Crippen MR) is 41.9 cm³/mol. The van der Waals surface area contributed by atoms with E-state index in [0.29, 0.717) is 5.41 Å². The van der Waals surface area contributed by atoms with Crippen LogP contribution in [-0.4, -0.2) is 38.1 Å². The van der Waals surface area contributed by atoms with Crippen molar-refractivity contribution in [2.45, 2.75) is 13.0 Å². The Morgan fingerprint density at radius 1 is 1.60 bits per heavy atom. The van der Waals surface area contributed by atoms with Crippen LogP contribution >= 0.6 is 0 Å². The number of hydrogen-bond donors (Lipinski definition) is 1. The first-order valence-electron chi connectivity index (χ1n) is 4.04. The van der Waals surface area contributed by atoms with Crippen LogP contribution < -0.4 is 5.32 Å². The molecule has 0 aromatic rings. The number of likely N-dealkylation sites (tertiary alicyclic amines) is 1. The molecule has 2 aliphatic rings. The Morgan fingerprint density at radius 2 is 2.30 bits per heavy atom. The molecule has 0 bridgehead atoms. The maximum Gasteiger partial charge on any atom is 0.0181 e. The van der Waals surface area contributed by atoms with Crippen LogP contribution in [0.2, 0.25) is 0 Å². The molecule has 0 unspecified atom stereocenters. The lowest BCUT2D eigenvalue weighted by atomic mass is 10.1. The van der Waals surface area contributed by atoms with Gasteiger partial charge in [0, 0.05) is 24.5 Å². The minimum atomic E-state index is 0.615. The van der Waals surface area contributed by atoms with Gasteiger partial charge >= 0.3 is 0 Å². The van der Waals surface area contributed by atoms with Crippen molar-refractivity contribution in [1.29, 1.82) is 0 Å². The van der Waals surface area contributed by atoms with Gasteiger partial charge < -0.3 is 10.2 Å². The molecule has 0 amide bonds. The highest BCUT2D eigenvalue weighted by atomic mass is 15.2. The average Bonchev–Trinajstić information content (AvgIpc) is 2.22. The Balaban J connectivity index is 2.05. The van der Waals surface area contributed by atoms with Gasteiger partial charge in [-0.3, -0.25) is 0 Å². The summed E-state index contributed by atoms with van der Waals surface area (Å²) in [6.45, 7) is 4.97. The normalized spacial score (nSPS) is 53.1. The average molecular weight is 140 g/mol. The quantitative estimate of drug-likeness (QED) is 0.558. The van der Waals surface area contributed by atoms with Gasteiger partial charge in [0.05, 0.1) is 0 Å². The monoisotopic (exact) mass is 140 g/mol. The SMILES string of the molecule is CN[C@@H]1[C@H]2CN(C)C[C@]21C. The van der Waals surface area contributed by atoms with E-state index in [9.17, 15) is 0 Å². The Bertz CT molecular complexity index is 157. The molecule has 1 heterocycles. The molecule has 0 radical (unpaired) electrons. The molecule has 3 atom stereocenters. The Kier molecular flexibility index (Phi) is 1.15. The molecule has 2 nitrogen and oxygen atoms in total. The number of nitrogens with zero attached hydrogens (tertiary/aromatic N) is 1. The predicted octanol–water partition coefficient (Wildman–Crippen LogP) is 0.156. The number of fused-ring (bicyclic) bond motifs is 1. The lowest BCUT2D eigenvalue weighted by Gasteiger charge is -2.15. The van der Waals surface area contributed by atoms with Crippen LogP contribution in [-0.2, 0) is 0 Å². The maximum absolute atomic E-state index is 3.38. The highest BCUT2D eigenvalue weighted by molar-refractivity contribution is 5.18. The van der Waals surface area contributed by atoms with E-state index in [4.69, 9.17) is 0 Å². The second-order valence-corrected chi connectivity index (χ2v) is 4.08. The standard InChI is InChI=1S/C8H16N2/c1-8-5-10(3)4-6(8)7(8)9-2/h6-7,9H,4-5H2,1-3H3/t6-,7-,8-/m1/s1. The van der Waals surface area contributed by atoms with Gasteiger partial charge in [-0.1, -0.05) is 6.92 Å². The number of nitrogens with one attached hydrogen (secondary N) is 1. The maximum atomic E-state index is 3.38. The van der Waals surface area contributed by atoms with Crippen LogP contribution in [0.25, 0.3) is 0 Å². The van der Waals surface area contributed by atoms with Gasteiger partial charge in [0.25, 0.3) is 0 Å². The van der Waals surface area contributed by atoms with Gasteiger partial charge in [-0.15, -0.1) is 0 Å². The summed E-state index contributed by atoms with van der Waals surface area (Å²) in [6, 6.07) is 0.809. The van der Waals surface area contributed by atoms with Crippen LogP contribution in [0, 0.1) is 11.3 Å². The minimum absolute atomic E-state index is 0.615. The third-order valence-electron chi connectivity index (χ3n) is 3.28. The molecule has 0 spiro atoms. The van der Waals surface area contributed by atoms with Crippen molar-refractivity contribution in [3.63, 3.8) is 0 Å². The third-order valence-corrected chi connectivity index (χ3v) is 3.28. The van der Waals surface area contributed by atoms with Gasteiger partial charge in [0.1, 0.15) is 0 Å². The van der Waals surface area contributed by atoms with E-state index in [1.807, 2.05) is 0 Å².